The van der Waals surface area contributed by atoms with Crippen molar-refractivity contribution in [2.24, 2.45) is 17.6 Å². The van der Waals surface area contributed by atoms with Crippen LogP contribution in [0.15, 0.2) is 65.6 Å². The van der Waals surface area contributed by atoms with Gasteiger partial charge in [0.15, 0.2) is 0 Å². The Kier molecular flexibility index (Phi) is 9.57. The standard InChI is InChI=1S/C26H35F2N3O4S/c1-19(16-29)17-31(36(34,35)22-10-6-3-7-11-22)18-24(32)23(14-20-8-4-2-5-9-20)30-25(33)21-12-13-26(27,28)15-21/h2-11,19,21,23-24,32H,12-18,29H2,1H3,(H,30,33)/t19?,21?,23-,24+/m0/s1. The number of hydrogen-bond donors (Lipinski definition) is 3. The second-order valence-corrected chi connectivity index (χ2v) is 11.6. The van der Waals surface area contributed by atoms with Gasteiger partial charge in [0.2, 0.25) is 21.9 Å². The van der Waals surface area contributed by atoms with Crippen LogP contribution in [-0.4, -0.2) is 61.4 Å². The van der Waals surface area contributed by atoms with Crippen molar-refractivity contribution in [3.8, 4) is 0 Å². The fourth-order valence-corrected chi connectivity index (χ4v) is 5.99. The largest absolute Gasteiger partial charge is 0.390 e. The molecule has 2 aromatic carbocycles. The van der Waals surface area contributed by atoms with Gasteiger partial charge in [-0.15, -0.1) is 0 Å². The summed E-state index contributed by atoms with van der Waals surface area (Å²) in [6.07, 6.45) is -1.90. The summed E-state index contributed by atoms with van der Waals surface area (Å²) < 4.78 is 55.4. The second kappa shape index (κ2) is 12.2. The summed E-state index contributed by atoms with van der Waals surface area (Å²) in [7, 11) is -3.96. The summed E-state index contributed by atoms with van der Waals surface area (Å²) in [6, 6.07) is 16.1. The van der Waals surface area contributed by atoms with Crippen molar-refractivity contribution in [2.45, 2.75) is 55.6 Å². The zero-order chi connectivity index (χ0) is 26.3. The molecule has 2 unspecified atom stereocenters. The van der Waals surface area contributed by atoms with Crippen molar-refractivity contribution in [1.29, 1.82) is 0 Å². The maximum absolute atomic E-state index is 13.7. The monoisotopic (exact) mass is 523 g/mol. The molecule has 4 N–H and O–H groups in total. The zero-order valence-corrected chi connectivity index (χ0v) is 21.2. The maximum Gasteiger partial charge on any atom is 0.248 e. The number of halogens is 2. The predicted octanol–water partition coefficient (Wildman–Crippen LogP) is 2.80. The van der Waals surface area contributed by atoms with Crippen molar-refractivity contribution in [3.05, 3.63) is 66.2 Å². The molecule has 10 heteroatoms. The van der Waals surface area contributed by atoms with Crippen molar-refractivity contribution in [1.82, 2.24) is 9.62 Å². The lowest BCUT2D eigenvalue weighted by molar-refractivity contribution is -0.127. The summed E-state index contributed by atoms with van der Waals surface area (Å²) in [5, 5.41) is 14.0. The summed E-state index contributed by atoms with van der Waals surface area (Å²) >= 11 is 0. The van der Waals surface area contributed by atoms with Crippen LogP contribution in [0.25, 0.3) is 0 Å². The molecule has 1 aliphatic rings. The van der Waals surface area contributed by atoms with Crippen LogP contribution in [0.3, 0.4) is 0 Å². The molecule has 7 nitrogen and oxygen atoms in total. The van der Waals surface area contributed by atoms with Gasteiger partial charge in [0.1, 0.15) is 0 Å². The second-order valence-electron chi connectivity index (χ2n) is 9.64. The third-order valence-electron chi connectivity index (χ3n) is 6.55. The van der Waals surface area contributed by atoms with Crippen LogP contribution < -0.4 is 11.1 Å². The number of aliphatic hydroxyl groups is 1. The fourth-order valence-electron chi connectivity index (χ4n) is 4.40. The van der Waals surface area contributed by atoms with Crippen LogP contribution >= 0.6 is 0 Å². The number of carbonyl (C=O) groups excluding carboxylic acids is 1. The van der Waals surface area contributed by atoms with E-state index in [1.54, 1.807) is 18.2 Å². The molecule has 4 atom stereocenters. The van der Waals surface area contributed by atoms with E-state index in [-0.39, 0.29) is 49.7 Å². The average Bonchev–Trinajstić information content (AvgIpc) is 3.23. The summed E-state index contributed by atoms with van der Waals surface area (Å²) in [6.45, 7) is 1.84. The Morgan fingerprint density at radius 2 is 1.75 bits per heavy atom. The molecule has 1 fully saturated rings. The molecule has 0 radical (unpaired) electrons. The number of carbonyl (C=O) groups is 1. The SMILES string of the molecule is CC(CN)CN(C[C@@H](O)[C@H](Cc1ccccc1)NC(=O)C1CCC(F)(F)C1)S(=O)(=O)c1ccccc1. The van der Waals surface area contributed by atoms with Crippen molar-refractivity contribution < 1.29 is 27.1 Å². The van der Waals surface area contributed by atoms with Gasteiger partial charge in [-0.05, 0) is 43.0 Å². The molecular weight excluding hydrogens is 488 g/mol. The molecule has 198 valence electrons. The number of alkyl halides is 2. The van der Waals surface area contributed by atoms with Gasteiger partial charge in [-0.1, -0.05) is 55.5 Å². The quantitative estimate of drug-likeness (QED) is 0.396. The van der Waals surface area contributed by atoms with Gasteiger partial charge in [0.05, 0.1) is 17.0 Å². The molecule has 36 heavy (non-hydrogen) atoms. The highest BCUT2D eigenvalue weighted by atomic mass is 32.2. The minimum atomic E-state index is -3.96. The topological polar surface area (TPSA) is 113 Å². The number of amides is 1. The zero-order valence-electron chi connectivity index (χ0n) is 20.4. The number of hydrogen-bond acceptors (Lipinski definition) is 5. The molecule has 0 aliphatic heterocycles. The molecule has 0 bridgehead atoms. The Labute approximate surface area is 211 Å². The first kappa shape index (κ1) is 28.2. The molecule has 1 saturated carbocycles. The summed E-state index contributed by atoms with van der Waals surface area (Å²) in [5.41, 5.74) is 6.56. The van der Waals surface area contributed by atoms with Gasteiger partial charge in [0.25, 0.3) is 0 Å². The van der Waals surface area contributed by atoms with E-state index in [4.69, 9.17) is 5.73 Å². The van der Waals surface area contributed by atoms with Gasteiger partial charge in [-0.25, -0.2) is 17.2 Å². The van der Waals surface area contributed by atoms with Crippen LogP contribution in [0.5, 0.6) is 0 Å². The third kappa shape index (κ3) is 7.55. The fraction of sp³-hybridized carbons (Fsp3) is 0.500. The van der Waals surface area contributed by atoms with Crippen LogP contribution in [0.2, 0.25) is 0 Å². The van der Waals surface area contributed by atoms with Gasteiger partial charge < -0.3 is 16.2 Å². The average molecular weight is 524 g/mol. The highest BCUT2D eigenvalue weighted by Crippen LogP contribution is 2.39. The van der Waals surface area contributed by atoms with E-state index < -0.39 is 46.3 Å². The maximum atomic E-state index is 13.7. The number of nitrogens with two attached hydrogens (primary N) is 1. The Hall–Kier alpha value is -2.40. The molecule has 2 aromatic rings. The van der Waals surface area contributed by atoms with Crippen LogP contribution in [-0.2, 0) is 21.2 Å². The predicted molar refractivity (Wildman–Crippen MR) is 134 cm³/mol. The van der Waals surface area contributed by atoms with E-state index >= 15 is 0 Å². The Balaban J connectivity index is 1.84. The molecule has 1 aliphatic carbocycles. The highest BCUT2D eigenvalue weighted by molar-refractivity contribution is 7.89. The number of benzene rings is 2. The van der Waals surface area contributed by atoms with Gasteiger partial charge in [-0.3, -0.25) is 4.79 Å². The Morgan fingerprint density at radius 3 is 2.31 bits per heavy atom. The molecule has 0 spiro atoms. The van der Waals surface area contributed by atoms with Crippen molar-refractivity contribution in [3.63, 3.8) is 0 Å². The smallest absolute Gasteiger partial charge is 0.248 e. The molecule has 1 amide bonds. The minimum Gasteiger partial charge on any atom is -0.390 e. The number of nitrogens with zero attached hydrogens (tertiary/aromatic N) is 1. The first-order valence-electron chi connectivity index (χ1n) is 12.2. The normalized spacial score (nSPS) is 20.1. The number of nitrogens with one attached hydrogen (secondary N) is 1. The van der Waals surface area contributed by atoms with Gasteiger partial charge in [0, 0.05) is 31.8 Å². The number of sulfonamides is 1. The first-order chi connectivity index (χ1) is 17.0. The lowest BCUT2D eigenvalue weighted by Gasteiger charge is -2.31. The van der Waals surface area contributed by atoms with Crippen molar-refractivity contribution >= 4 is 15.9 Å². The summed E-state index contributed by atoms with van der Waals surface area (Å²) in [4.78, 5) is 12.9. The Morgan fingerprint density at radius 1 is 1.14 bits per heavy atom. The van der Waals surface area contributed by atoms with E-state index in [0.29, 0.717) is 0 Å². The van der Waals surface area contributed by atoms with Gasteiger partial charge in [-0.2, -0.15) is 4.31 Å². The van der Waals surface area contributed by atoms with E-state index in [1.807, 2.05) is 37.3 Å². The molecule has 0 aromatic heterocycles. The summed E-state index contributed by atoms with van der Waals surface area (Å²) in [5.74, 6) is -4.47. The molecular formula is C26H35F2N3O4S. The van der Waals surface area contributed by atoms with E-state index in [2.05, 4.69) is 5.32 Å². The Bertz CT molecular complexity index is 1090. The lowest BCUT2D eigenvalue weighted by Crippen LogP contribution is -2.52. The third-order valence-corrected chi connectivity index (χ3v) is 8.40. The first-order valence-corrected chi connectivity index (χ1v) is 13.6. The van der Waals surface area contributed by atoms with Crippen LogP contribution in [0.1, 0.15) is 31.7 Å². The number of rotatable bonds is 12. The highest BCUT2D eigenvalue weighted by Gasteiger charge is 2.43. The lowest BCUT2D eigenvalue weighted by atomic mass is 9.99. The minimum absolute atomic E-state index is 0.0650. The number of aliphatic hydroxyl groups excluding tert-OH is 1. The van der Waals surface area contributed by atoms with Gasteiger partial charge >= 0.3 is 0 Å². The van der Waals surface area contributed by atoms with Crippen LogP contribution in [0, 0.1) is 11.8 Å². The van der Waals surface area contributed by atoms with E-state index in [9.17, 15) is 27.1 Å². The van der Waals surface area contributed by atoms with E-state index in [1.165, 1.54) is 16.4 Å². The molecule has 0 saturated heterocycles. The van der Waals surface area contributed by atoms with E-state index in [0.717, 1.165) is 5.56 Å². The molecule has 0 heterocycles. The van der Waals surface area contributed by atoms with Crippen molar-refractivity contribution in [2.75, 3.05) is 19.6 Å². The molecule has 3 rings (SSSR count). The van der Waals surface area contributed by atoms with Crippen LogP contribution in [0.4, 0.5) is 8.78 Å².